The van der Waals surface area contributed by atoms with Crippen LogP contribution in [0.2, 0.25) is 0 Å². The van der Waals surface area contributed by atoms with Crippen molar-refractivity contribution in [1.29, 1.82) is 0 Å². The first-order valence-electron chi connectivity index (χ1n) is 7.56. The average Bonchev–Trinajstić information content (AvgIpc) is 2.47. The highest BCUT2D eigenvalue weighted by Crippen LogP contribution is 2.30. The third-order valence-electron chi connectivity index (χ3n) is 3.50. The summed E-state index contributed by atoms with van der Waals surface area (Å²) in [5, 5.41) is 12.6. The fraction of sp³-hybridized carbons (Fsp3) is 0.588. The number of hydrogen-bond acceptors (Lipinski definition) is 4. The highest BCUT2D eigenvalue weighted by atomic mass is 32.2. The number of carbonyl (C=O) groups excluding carboxylic acids is 1. The number of nitrogens with one attached hydrogen (secondary N) is 1. The van der Waals surface area contributed by atoms with Crippen LogP contribution in [-0.4, -0.2) is 42.0 Å². The van der Waals surface area contributed by atoms with E-state index in [4.69, 9.17) is 4.74 Å². The normalized spacial score (nSPS) is 14.2. The summed E-state index contributed by atoms with van der Waals surface area (Å²) < 4.78 is 19.5. The molecule has 4 nitrogen and oxygen atoms in total. The molecule has 0 aliphatic heterocycles. The molecule has 0 saturated heterocycles. The number of rotatable bonds is 7. The topological polar surface area (TPSA) is 58.6 Å². The van der Waals surface area contributed by atoms with Gasteiger partial charge in [0.05, 0.1) is 6.61 Å². The minimum atomic E-state index is -0.870. The molecule has 0 heterocycles. The van der Waals surface area contributed by atoms with Crippen LogP contribution in [0.1, 0.15) is 32.8 Å². The van der Waals surface area contributed by atoms with Crippen LogP contribution in [0.25, 0.3) is 0 Å². The van der Waals surface area contributed by atoms with Crippen molar-refractivity contribution in [3.8, 4) is 0 Å². The van der Waals surface area contributed by atoms with Gasteiger partial charge in [0, 0.05) is 12.0 Å². The summed E-state index contributed by atoms with van der Waals surface area (Å²) in [6, 6.07) is 6.36. The zero-order valence-electron chi connectivity index (χ0n) is 14.2. The Morgan fingerprint density at radius 2 is 2.00 bits per heavy atom. The van der Waals surface area contributed by atoms with E-state index in [0.717, 1.165) is 5.75 Å². The standard InChI is InChI=1S/C17H26FNO3S/c1-16(2,3)22-15(21)19-11-17(12-20,9-10-23-4)13-7-5-6-8-14(13)18/h5-8,20H,9-12H2,1-4H3,(H,19,21). The van der Waals surface area contributed by atoms with Gasteiger partial charge in [-0.1, -0.05) is 18.2 Å². The molecule has 130 valence electrons. The summed E-state index contributed by atoms with van der Waals surface area (Å²) >= 11 is 1.61. The van der Waals surface area contributed by atoms with E-state index in [0.29, 0.717) is 12.0 Å². The quantitative estimate of drug-likeness (QED) is 0.797. The summed E-state index contributed by atoms with van der Waals surface area (Å²) in [4.78, 5) is 11.9. The van der Waals surface area contributed by atoms with E-state index in [1.165, 1.54) is 6.07 Å². The number of hydrogen-bond donors (Lipinski definition) is 2. The van der Waals surface area contributed by atoms with Gasteiger partial charge in [0.1, 0.15) is 11.4 Å². The van der Waals surface area contributed by atoms with E-state index in [2.05, 4.69) is 5.32 Å². The maximum absolute atomic E-state index is 14.2. The molecular formula is C17H26FNO3S. The monoisotopic (exact) mass is 343 g/mol. The molecule has 0 radical (unpaired) electrons. The molecule has 1 aromatic rings. The van der Waals surface area contributed by atoms with Crippen LogP contribution in [0.3, 0.4) is 0 Å². The maximum atomic E-state index is 14.2. The van der Waals surface area contributed by atoms with Gasteiger partial charge in [-0.25, -0.2) is 9.18 Å². The number of amides is 1. The van der Waals surface area contributed by atoms with Gasteiger partial charge < -0.3 is 15.2 Å². The van der Waals surface area contributed by atoms with Crippen LogP contribution < -0.4 is 5.32 Å². The van der Waals surface area contributed by atoms with Crippen molar-refractivity contribution in [3.05, 3.63) is 35.6 Å². The average molecular weight is 343 g/mol. The zero-order valence-corrected chi connectivity index (χ0v) is 15.0. The Balaban J connectivity index is 2.96. The van der Waals surface area contributed by atoms with E-state index < -0.39 is 17.1 Å². The fourth-order valence-corrected chi connectivity index (χ4v) is 2.88. The van der Waals surface area contributed by atoms with Gasteiger partial charge in [-0.05, 0) is 50.8 Å². The molecule has 0 aliphatic carbocycles. The number of aliphatic hydroxyl groups is 1. The van der Waals surface area contributed by atoms with Crippen molar-refractivity contribution in [2.24, 2.45) is 0 Å². The van der Waals surface area contributed by atoms with Crippen molar-refractivity contribution >= 4 is 17.9 Å². The first-order chi connectivity index (χ1) is 10.7. The molecule has 0 aliphatic rings. The largest absolute Gasteiger partial charge is 0.444 e. The lowest BCUT2D eigenvalue weighted by molar-refractivity contribution is 0.0501. The highest BCUT2D eigenvalue weighted by molar-refractivity contribution is 7.98. The van der Waals surface area contributed by atoms with Gasteiger partial charge in [0.15, 0.2) is 0 Å². The molecule has 0 aromatic heterocycles. The lowest BCUT2D eigenvalue weighted by Crippen LogP contribution is -2.46. The molecule has 1 aromatic carbocycles. The smallest absolute Gasteiger partial charge is 0.407 e. The summed E-state index contributed by atoms with van der Waals surface area (Å²) in [5.41, 5.74) is -1.07. The maximum Gasteiger partial charge on any atom is 0.407 e. The Morgan fingerprint density at radius 1 is 1.35 bits per heavy atom. The van der Waals surface area contributed by atoms with Crippen LogP contribution in [-0.2, 0) is 10.2 Å². The number of thioether (sulfide) groups is 1. The second-order valence-electron chi connectivity index (χ2n) is 6.52. The van der Waals surface area contributed by atoms with Gasteiger partial charge >= 0.3 is 6.09 Å². The lowest BCUT2D eigenvalue weighted by atomic mass is 9.78. The van der Waals surface area contributed by atoms with Crippen molar-refractivity contribution in [3.63, 3.8) is 0 Å². The summed E-state index contributed by atoms with van der Waals surface area (Å²) in [6.07, 6.45) is 1.92. The number of aliphatic hydroxyl groups excluding tert-OH is 1. The minimum Gasteiger partial charge on any atom is -0.444 e. The minimum absolute atomic E-state index is 0.111. The third-order valence-corrected chi connectivity index (χ3v) is 4.11. The van der Waals surface area contributed by atoms with Crippen LogP contribution in [0.15, 0.2) is 24.3 Å². The Labute approximate surface area is 141 Å². The van der Waals surface area contributed by atoms with E-state index >= 15 is 0 Å². The Morgan fingerprint density at radius 3 is 2.52 bits per heavy atom. The van der Waals surface area contributed by atoms with E-state index in [9.17, 15) is 14.3 Å². The summed E-state index contributed by atoms with van der Waals surface area (Å²) in [5.74, 6) is 0.360. The van der Waals surface area contributed by atoms with Crippen molar-refractivity contribution in [2.45, 2.75) is 38.2 Å². The number of halogens is 1. The first kappa shape index (κ1) is 19.8. The molecule has 1 rings (SSSR count). The fourth-order valence-electron chi connectivity index (χ4n) is 2.28. The van der Waals surface area contributed by atoms with Crippen molar-refractivity contribution < 1.29 is 19.0 Å². The molecule has 0 fully saturated rings. The first-order valence-corrected chi connectivity index (χ1v) is 8.95. The summed E-state index contributed by atoms with van der Waals surface area (Å²) in [6.45, 7) is 5.17. The zero-order chi connectivity index (χ0) is 17.5. The van der Waals surface area contributed by atoms with Crippen LogP contribution in [0, 0.1) is 5.82 Å². The van der Waals surface area contributed by atoms with Gasteiger partial charge in [-0.3, -0.25) is 0 Å². The number of benzene rings is 1. The molecule has 6 heteroatoms. The van der Waals surface area contributed by atoms with Gasteiger partial charge in [-0.2, -0.15) is 11.8 Å². The second kappa shape index (κ2) is 8.55. The Kier molecular flexibility index (Phi) is 7.35. The van der Waals surface area contributed by atoms with Crippen molar-refractivity contribution in [1.82, 2.24) is 5.32 Å². The molecular weight excluding hydrogens is 317 g/mol. The van der Waals surface area contributed by atoms with Crippen LogP contribution in [0.5, 0.6) is 0 Å². The van der Waals surface area contributed by atoms with Gasteiger partial charge in [0.25, 0.3) is 0 Å². The van der Waals surface area contributed by atoms with E-state index in [1.807, 2.05) is 6.26 Å². The SMILES string of the molecule is CSCCC(CO)(CNC(=O)OC(C)(C)C)c1ccccc1F. The van der Waals surface area contributed by atoms with Crippen molar-refractivity contribution in [2.75, 3.05) is 25.2 Å². The molecule has 1 atom stereocenters. The second-order valence-corrected chi connectivity index (χ2v) is 7.50. The van der Waals surface area contributed by atoms with Crippen LogP contribution >= 0.6 is 11.8 Å². The number of alkyl carbamates (subject to hydrolysis) is 1. The molecule has 23 heavy (non-hydrogen) atoms. The highest BCUT2D eigenvalue weighted by Gasteiger charge is 2.34. The predicted molar refractivity (Wildman–Crippen MR) is 92.4 cm³/mol. The Hall–Kier alpha value is -1.27. The van der Waals surface area contributed by atoms with E-state index in [1.54, 1.807) is 50.7 Å². The van der Waals surface area contributed by atoms with E-state index in [-0.39, 0.29) is 19.0 Å². The lowest BCUT2D eigenvalue weighted by Gasteiger charge is -2.33. The molecule has 0 spiro atoms. The molecule has 1 amide bonds. The Bertz CT molecular complexity index is 519. The molecule has 0 saturated carbocycles. The van der Waals surface area contributed by atoms with Gasteiger partial charge in [-0.15, -0.1) is 0 Å². The molecule has 0 bridgehead atoms. The molecule has 2 N–H and O–H groups in total. The third kappa shape index (κ3) is 6.03. The predicted octanol–water partition coefficient (Wildman–Crippen LogP) is 3.33. The number of ether oxygens (including phenoxy) is 1. The van der Waals surface area contributed by atoms with Gasteiger partial charge in [0.2, 0.25) is 0 Å². The number of carbonyl (C=O) groups is 1. The molecule has 1 unspecified atom stereocenters. The van der Waals surface area contributed by atoms with Crippen LogP contribution in [0.4, 0.5) is 9.18 Å². The summed E-state index contributed by atoms with van der Waals surface area (Å²) in [7, 11) is 0.